The van der Waals surface area contributed by atoms with Gasteiger partial charge in [0.1, 0.15) is 0 Å². The van der Waals surface area contributed by atoms with E-state index in [-0.39, 0.29) is 6.04 Å². The largest absolute Gasteiger partial charge is 0.341 e. The Morgan fingerprint density at radius 3 is 2.61 bits per heavy atom. The third kappa shape index (κ3) is 6.10. The Labute approximate surface area is 116 Å². The number of hydrogen-bond acceptors (Lipinski definition) is 3. The van der Waals surface area contributed by atoms with Gasteiger partial charge in [0.2, 0.25) is 5.91 Å². The number of hydrogen-bond donors (Lipinski definition) is 1. The molecule has 0 aromatic carbocycles. The van der Waals surface area contributed by atoms with E-state index >= 15 is 0 Å². The third-order valence-electron chi connectivity index (χ3n) is 3.51. The average Bonchev–Trinajstić information content (AvgIpc) is 2.42. The lowest BCUT2D eigenvalue weighted by molar-refractivity contribution is -0.133. The molecular formula is C14H28N2OS. The Morgan fingerprint density at radius 1 is 1.22 bits per heavy atom. The Hall–Kier alpha value is -0.220. The molecule has 1 fully saturated rings. The van der Waals surface area contributed by atoms with Crippen LogP contribution in [0.4, 0.5) is 0 Å². The molecule has 1 aliphatic rings. The van der Waals surface area contributed by atoms with E-state index in [4.69, 9.17) is 0 Å². The zero-order valence-corrected chi connectivity index (χ0v) is 12.7. The minimum absolute atomic E-state index is 0.0105. The zero-order valence-electron chi connectivity index (χ0n) is 11.9. The van der Waals surface area contributed by atoms with Crippen LogP contribution in [-0.2, 0) is 4.79 Å². The summed E-state index contributed by atoms with van der Waals surface area (Å²) in [6.45, 7) is 4.88. The topological polar surface area (TPSA) is 32.3 Å². The highest BCUT2D eigenvalue weighted by Gasteiger charge is 2.21. The second-order valence-corrected chi connectivity index (χ2v) is 6.10. The van der Waals surface area contributed by atoms with Crippen molar-refractivity contribution in [3.05, 3.63) is 0 Å². The van der Waals surface area contributed by atoms with E-state index in [0.29, 0.717) is 5.91 Å². The molecule has 1 N–H and O–H groups in total. The molecule has 0 aromatic rings. The Morgan fingerprint density at radius 2 is 1.94 bits per heavy atom. The number of likely N-dealkylation sites (tertiary alicyclic amines) is 1. The van der Waals surface area contributed by atoms with Crippen molar-refractivity contribution in [3.8, 4) is 0 Å². The molecule has 1 aliphatic heterocycles. The first-order valence-electron chi connectivity index (χ1n) is 7.27. The maximum atomic E-state index is 12.1. The number of amides is 1. The highest BCUT2D eigenvalue weighted by Crippen LogP contribution is 2.10. The van der Waals surface area contributed by atoms with E-state index in [0.717, 1.165) is 19.6 Å². The van der Waals surface area contributed by atoms with Gasteiger partial charge in [-0.2, -0.15) is 11.8 Å². The zero-order chi connectivity index (χ0) is 13.2. The molecule has 1 saturated heterocycles. The maximum absolute atomic E-state index is 12.1. The fourth-order valence-corrected chi connectivity index (χ4v) is 2.84. The van der Waals surface area contributed by atoms with Crippen LogP contribution in [0.15, 0.2) is 0 Å². The number of carbonyl (C=O) groups excluding carboxylic acids is 1. The molecule has 1 atom stereocenters. The normalized spacial score (nSPS) is 17.8. The fraction of sp³-hybridized carbons (Fsp3) is 0.929. The molecule has 0 aliphatic carbocycles. The van der Waals surface area contributed by atoms with Crippen LogP contribution >= 0.6 is 11.8 Å². The highest BCUT2D eigenvalue weighted by atomic mass is 32.2. The molecule has 1 heterocycles. The predicted molar refractivity (Wildman–Crippen MR) is 80.1 cm³/mol. The average molecular weight is 272 g/mol. The first-order valence-corrected chi connectivity index (χ1v) is 8.66. The number of nitrogens with zero attached hydrogens (tertiary/aromatic N) is 1. The number of piperidine rings is 1. The lowest BCUT2D eigenvalue weighted by Crippen LogP contribution is -2.47. The number of carbonyl (C=O) groups is 1. The molecular weight excluding hydrogens is 244 g/mol. The van der Waals surface area contributed by atoms with Crippen molar-refractivity contribution in [2.24, 2.45) is 0 Å². The molecule has 0 saturated carbocycles. The van der Waals surface area contributed by atoms with Crippen molar-refractivity contribution < 1.29 is 4.79 Å². The van der Waals surface area contributed by atoms with Crippen molar-refractivity contribution >= 4 is 17.7 Å². The van der Waals surface area contributed by atoms with E-state index < -0.39 is 0 Å². The summed E-state index contributed by atoms with van der Waals surface area (Å²) < 4.78 is 0. The molecule has 0 spiro atoms. The number of nitrogens with one attached hydrogen (secondary N) is 1. The molecule has 0 radical (unpaired) electrons. The van der Waals surface area contributed by atoms with Crippen LogP contribution < -0.4 is 5.32 Å². The van der Waals surface area contributed by atoms with Crippen LogP contribution in [0.3, 0.4) is 0 Å². The predicted octanol–water partition coefficient (Wildman–Crippen LogP) is 2.51. The maximum Gasteiger partial charge on any atom is 0.239 e. The van der Waals surface area contributed by atoms with Crippen LogP contribution in [0, 0.1) is 0 Å². The summed E-state index contributed by atoms with van der Waals surface area (Å²) in [5.74, 6) is 1.54. The van der Waals surface area contributed by atoms with Gasteiger partial charge in [0, 0.05) is 13.1 Å². The van der Waals surface area contributed by atoms with Gasteiger partial charge in [-0.1, -0.05) is 6.42 Å². The van der Waals surface area contributed by atoms with Crippen LogP contribution in [0.1, 0.15) is 45.4 Å². The molecule has 1 rings (SSSR count). The van der Waals surface area contributed by atoms with Crippen molar-refractivity contribution in [2.75, 3.05) is 31.6 Å². The van der Waals surface area contributed by atoms with Gasteiger partial charge >= 0.3 is 0 Å². The number of rotatable bonds is 8. The van der Waals surface area contributed by atoms with Crippen LogP contribution in [-0.4, -0.2) is 48.5 Å². The lowest BCUT2D eigenvalue weighted by atomic mass is 10.1. The van der Waals surface area contributed by atoms with Crippen LogP contribution in [0.2, 0.25) is 0 Å². The standard InChI is InChI=1S/C14H28N2OS/c1-13(15-9-5-3-8-12-18-2)14(17)16-10-6-4-7-11-16/h13,15H,3-12H2,1-2H3. The molecule has 1 unspecified atom stereocenters. The Balaban J connectivity index is 2.07. The first-order chi connectivity index (χ1) is 8.75. The number of unbranched alkanes of at least 4 members (excludes halogenated alkanes) is 2. The minimum Gasteiger partial charge on any atom is -0.341 e. The summed E-state index contributed by atoms with van der Waals surface area (Å²) in [4.78, 5) is 14.1. The van der Waals surface area contributed by atoms with Gasteiger partial charge in [0.15, 0.2) is 0 Å². The van der Waals surface area contributed by atoms with E-state index in [1.54, 1.807) is 0 Å². The highest BCUT2D eigenvalue weighted by molar-refractivity contribution is 7.98. The second kappa shape index (κ2) is 9.68. The van der Waals surface area contributed by atoms with E-state index in [2.05, 4.69) is 11.6 Å². The monoisotopic (exact) mass is 272 g/mol. The summed E-state index contributed by atoms with van der Waals surface area (Å²) in [5.41, 5.74) is 0. The Bertz CT molecular complexity index is 230. The van der Waals surface area contributed by atoms with E-state index in [1.165, 1.54) is 44.3 Å². The molecule has 0 aromatic heterocycles. The van der Waals surface area contributed by atoms with Gasteiger partial charge in [-0.3, -0.25) is 4.79 Å². The molecule has 1 amide bonds. The van der Waals surface area contributed by atoms with Gasteiger partial charge < -0.3 is 10.2 Å². The van der Waals surface area contributed by atoms with Crippen molar-refractivity contribution in [3.63, 3.8) is 0 Å². The minimum atomic E-state index is -0.0105. The van der Waals surface area contributed by atoms with E-state index in [1.807, 2.05) is 23.6 Å². The summed E-state index contributed by atoms with van der Waals surface area (Å²) >= 11 is 1.91. The third-order valence-corrected chi connectivity index (χ3v) is 4.21. The van der Waals surface area contributed by atoms with Gasteiger partial charge in [0.05, 0.1) is 6.04 Å². The Kier molecular flexibility index (Phi) is 8.51. The number of thioether (sulfide) groups is 1. The SMILES string of the molecule is CSCCCCCNC(C)C(=O)N1CCCCC1. The van der Waals surface area contributed by atoms with Gasteiger partial charge in [0.25, 0.3) is 0 Å². The van der Waals surface area contributed by atoms with Crippen molar-refractivity contribution in [2.45, 2.75) is 51.5 Å². The van der Waals surface area contributed by atoms with Crippen LogP contribution in [0.5, 0.6) is 0 Å². The summed E-state index contributed by atoms with van der Waals surface area (Å²) in [7, 11) is 0. The summed E-state index contributed by atoms with van der Waals surface area (Å²) in [6, 6.07) is -0.0105. The van der Waals surface area contributed by atoms with Crippen molar-refractivity contribution in [1.82, 2.24) is 10.2 Å². The molecule has 106 valence electrons. The fourth-order valence-electron chi connectivity index (χ4n) is 2.34. The molecule has 4 heteroatoms. The second-order valence-electron chi connectivity index (χ2n) is 5.12. The quantitative estimate of drug-likeness (QED) is 0.689. The van der Waals surface area contributed by atoms with E-state index in [9.17, 15) is 4.79 Å². The molecule has 0 bridgehead atoms. The summed E-state index contributed by atoms with van der Waals surface area (Å²) in [6.07, 6.45) is 9.51. The van der Waals surface area contributed by atoms with Crippen molar-refractivity contribution in [1.29, 1.82) is 0 Å². The molecule has 3 nitrogen and oxygen atoms in total. The lowest BCUT2D eigenvalue weighted by Gasteiger charge is -2.29. The summed E-state index contributed by atoms with van der Waals surface area (Å²) in [5, 5.41) is 3.36. The molecule has 18 heavy (non-hydrogen) atoms. The van der Waals surface area contributed by atoms with Gasteiger partial charge in [-0.25, -0.2) is 0 Å². The first kappa shape index (κ1) is 15.8. The van der Waals surface area contributed by atoms with Gasteiger partial charge in [-0.05, 0) is 57.6 Å². The van der Waals surface area contributed by atoms with Gasteiger partial charge in [-0.15, -0.1) is 0 Å². The smallest absolute Gasteiger partial charge is 0.239 e. The van der Waals surface area contributed by atoms with Crippen LogP contribution in [0.25, 0.3) is 0 Å².